The van der Waals surface area contributed by atoms with Gasteiger partial charge in [0.2, 0.25) is 5.91 Å². The van der Waals surface area contributed by atoms with Gasteiger partial charge in [-0.2, -0.15) is 13.2 Å². The smallest absolute Gasteiger partial charge is 0.381 e. The highest BCUT2D eigenvalue weighted by Crippen LogP contribution is 2.38. The predicted molar refractivity (Wildman–Crippen MR) is 98.0 cm³/mol. The highest BCUT2D eigenvalue weighted by Gasteiger charge is 2.42. The number of amides is 1. The van der Waals surface area contributed by atoms with Crippen LogP contribution in [0.25, 0.3) is 0 Å². The first-order chi connectivity index (χ1) is 12.7. The first kappa shape index (κ1) is 19.7. The maximum absolute atomic E-state index is 13.2. The predicted octanol–water partition coefficient (Wildman–Crippen LogP) is 5.35. The summed E-state index contributed by atoms with van der Waals surface area (Å²) in [5.41, 5.74) is -0.697. The van der Waals surface area contributed by atoms with E-state index in [4.69, 9.17) is 16.3 Å². The molecule has 0 atom stereocenters. The van der Waals surface area contributed by atoms with E-state index < -0.39 is 17.2 Å². The number of hydrogen-bond donors (Lipinski definition) is 1. The van der Waals surface area contributed by atoms with Gasteiger partial charge in [-0.1, -0.05) is 29.8 Å². The molecule has 0 saturated carbocycles. The lowest BCUT2D eigenvalue weighted by molar-refractivity contribution is -0.138. The van der Waals surface area contributed by atoms with E-state index in [1.54, 1.807) is 18.2 Å². The first-order valence-electron chi connectivity index (χ1n) is 8.55. The Morgan fingerprint density at radius 3 is 2.48 bits per heavy atom. The van der Waals surface area contributed by atoms with E-state index in [1.807, 2.05) is 6.07 Å². The fourth-order valence-electron chi connectivity index (χ4n) is 3.41. The molecule has 1 saturated heterocycles. The van der Waals surface area contributed by atoms with Crippen LogP contribution >= 0.6 is 11.6 Å². The average molecular weight is 398 g/mol. The molecule has 144 valence electrons. The molecule has 1 N–H and O–H groups in total. The van der Waals surface area contributed by atoms with Gasteiger partial charge in [0.05, 0.1) is 11.0 Å². The number of alkyl halides is 3. The minimum Gasteiger partial charge on any atom is -0.381 e. The van der Waals surface area contributed by atoms with Crippen LogP contribution < -0.4 is 5.32 Å². The van der Waals surface area contributed by atoms with Crippen molar-refractivity contribution < 1.29 is 22.7 Å². The second-order valence-electron chi connectivity index (χ2n) is 6.69. The van der Waals surface area contributed by atoms with Crippen LogP contribution in [0.5, 0.6) is 0 Å². The minimum absolute atomic E-state index is 0.108. The maximum atomic E-state index is 13.2. The van der Waals surface area contributed by atoms with Crippen LogP contribution in [0.4, 0.5) is 18.9 Å². The van der Waals surface area contributed by atoms with Gasteiger partial charge in [0.1, 0.15) is 0 Å². The molecule has 0 bridgehead atoms. The molecule has 27 heavy (non-hydrogen) atoms. The van der Waals surface area contributed by atoms with E-state index in [0.717, 1.165) is 11.6 Å². The molecule has 1 aliphatic heterocycles. The number of benzene rings is 2. The number of rotatable bonds is 3. The monoisotopic (exact) mass is 397 g/mol. The van der Waals surface area contributed by atoms with E-state index >= 15 is 0 Å². The SMILES string of the molecule is Cc1ccc(NC(=O)C2(c3cccc(Cl)c3)CCOCC2)cc1C(F)(F)F. The van der Waals surface area contributed by atoms with Gasteiger partial charge in [0, 0.05) is 23.9 Å². The normalized spacial score (nSPS) is 16.8. The quantitative estimate of drug-likeness (QED) is 0.757. The topological polar surface area (TPSA) is 38.3 Å². The summed E-state index contributed by atoms with van der Waals surface area (Å²) in [4.78, 5) is 13.2. The number of halogens is 4. The molecular formula is C20H19ClF3NO2. The van der Waals surface area contributed by atoms with Gasteiger partial charge in [0.15, 0.2) is 0 Å². The van der Waals surface area contributed by atoms with E-state index in [-0.39, 0.29) is 17.2 Å². The number of ether oxygens (including phenoxy) is 1. The van der Waals surface area contributed by atoms with Gasteiger partial charge in [-0.25, -0.2) is 0 Å². The van der Waals surface area contributed by atoms with Crippen LogP contribution in [0.3, 0.4) is 0 Å². The van der Waals surface area contributed by atoms with E-state index in [0.29, 0.717) is 31.1 Å². The fraction of sp³-hybridized carbons (Fsp3) is 0.350. The van der Waals surface area contributed by atoms with Gasteiger partial charge in [0.25, 0.3) is 0 Å². The standard InChI is InChI=1S/C20H19ClF3NO2/c1-13-5-6-16(12-17(13)20(22,23)24)25-18(26)19(7-9-27-10-8-19)14-3-2-4-15(21)11-14/h2-6,11-12H,7-10H2,1H3,(H,25,26). The zero-order valence-corrected chi connectivity index (χ0v) is 15.5. The Kier molecular flexibility index (Phi) is 5.49. The summed E-state index contributed by atoms with van der Waals surface area (Å²) in [6, 6.07) is 10.8. The molecule has 0 aliphatic carbocycles. The van der Waals surface area contributed by atoms with Crippen LogP contribution in [-0.4, -0.2) is 19.1 Å². The second kappa shape index (κ2) is 7.52. The Hall–Kier alpha value is -2.05. The van der Waals surface area contributed by atoms with Crippen molar-refractivity contribution in [1.82, 2.24) is 0 Å². The van der Waals surface area contributed by atoms with E-state index in [9.17, 15) is 18.0 Å². The molecular weight excluding hydrogens is 379 g/mol. The molecule has 0 spiro atoms. The molecule has 1 amide bonds. The number of anilines is 1. The average Bonchev–Trinajstić information content (AvgIpc) is 2.63. The van der Waals surface area contributed by atoms with Gasteiger partial charge in [-0.15, -0.1) is 0 Å². The second-order valence-corrected chi connectivity index (χ2v) is 7.12. The number of carbonyl (C=O) groups is 1. The van der Waals surface area contributed by atoms with Crippen molar-refractivity contribution in [1.29, 1.82) is 0 Å². The molecule has 1 fully saturated rings. The number of aryl methyl sites for hydroxylation is 1. The lowest BCUT2D eigenvalue weighted by Gasteiger charge is -2.36. The molecule has 3 nitrogen and oxygen atoms in total. The zero-order valence-electron chi connectivity index (χ0n) is 14.7. The molecule has 0 unspecified atom stereocenters. The van der Waals surface area contributed by atoms with Crippen molar-refractivity contribution in [3.8, 4) is 0 Å². The molecule has 2 aromatic rings. The van der Waals surface area contributed by atoms with Crippen molar-refractivity contribution in [3.05, 3.63) is 64.2 Å². The zero-order chi connectivity index (χ0) is 19.7. The summed E-state index contributed by atoms with van der Waals surface area (Å²) < 4.78 is 44.9. The molecule has 0 radical (unpaired) electrons. The number of carbonyl (C=O) groups excluding carboxylic acids is 1. The van der Waals surface area contributed by atoms with Gasteiger partial charge in [-0.05, 0) is 55.2 Å². The van der Waals surface area contributed by atoms with Crippen LogP contribution in [0, 0.1) is 6.92 Å². The highest BCUT2D eigenvalue weighted by atomic mass is 35.5. The van der Waals surface area contributed by atoms with Crippen LogP contribution in [0.2, 0.25) is 5.02 Å². The van der Waals surface area contributed by atoms with Crippen molar-refractivity contribution >= 4 is 23.2 Å². The number of hydrogen-bond acceptors (Lipinski definition) is 2. The van der Waals surface area contributed by atoms with E-state index in [2.05, 4.69) is 5.32 Å². The van der Waals surface area contributed by atoms with Crippen molar-refractivity contribution in [3.63, 3.8) is 0 Å². The van der Waals surface area contributed by atoms with Crippen molar-refractivity contribution in [2.45, 2.75) is 31.4 Å². The summed E-state index contributed by atoms with van der Waals surface area (Å²) in [5.74, 6) is -0.356. The fourth-order valence-corrected chi connectivity index (χ4v) is 3.60. The molecule has 7 heteroatoms. The Morgan fingerprint density at radius 2 is 1.85 bits per heavy atom. The lowest BCUT2D eigenvalue weighted by atomic mass is 9.73. The molecule has 0 aromatic heterocycles. The largest absolute Gasteiger partial charge is 0.416 e. The Morgan fingerprint density at radius 1 is 1.15 bits per heavy atom. The van der Waals surface area contributed by atoms with Crippen molar-refractivity contribution in [2.75, 3.05) is 18.5 Å². The maximum Gasteiger partial charge on any atom is 0.416 e. The summed E-state index contributed by atoms with van der Waals surface area (Å²) in [6.45, 7) is 2.17. The molecule has 2 aromatic carbocycles. The third-order valence-electron chi connectivity index (χ3n) is 4.96. The third kappa shape index (κ3) is 4.12. The van der Waals surface area contributed by atoms with Crippen LogP contribution in [0.15, 0.2) is 42.5 Å². The summed E-state index contributed by atoms with van der Waals surface area (Å²) in [6.07, 6.45) is -3.62. The molecule has 1 aliphatic rings. The Bertz CT molecular complexity index is 845. The van der Waals surface area contributed by atoms with Gasteiger partial charge < -0.3 is 10.1 Å². The van der Waals surface area contributed by atoms with Crippen LogP contribution in [0.1, 0.15) is 29.5 Å². The summed E-state index contributed by atoms with van der Waals surface area (Å²) in [5, 5.41) is 3.17. The summed E-state index contributed by atoms with van der Waals surface area (Å²) in [7, 11) is 0. The Labute approximate surface area is 160 Å². The lowest BCUT2D eigenvalue weighted by Crippen LogP contribution is -2.44. The summed E-state index contributed by atoms with van der Waals surface area (Å²) >= 11 is 6.09. The molecule has 1 heterocycles. The van der Waals surface area contributed by atoms with Crippen LogP contribution in [-0.2, 0) is 21.1 Å². The Balaban J connectivity index is 1.95. The first-order valence-corrected chi connectivity index (χ1v) is 8.93. The highest BCUT2D eigenvalue weighted by molar-refractivity contribution is 6.30. The van der Waals surface area contributed by atoms with Gasteiger partial charge in [-0.3, -0.25) is 4.79 Å². The van der Waals surface area contributed by atoms with Gasteiger partial charge >= 0.3 is 6.18 Å². The van der Waals surface area contributed by atoms with E-state index in [1.165, 1.54) is 19.1 Å². The molecule has 3 rings (SSSR count). The minimum atomic E-state index is -4.48. The third-order valence-corrected chi connectivity index (χ3v) is 5.19. The number of nitrogens with one attached hydrogen (secondary N) is 1. The van der Waals surface area contributed by atoms with Crippen molar-refractivity contribution in [2.24, 2.45) is 0 Å².